The normalized spacial score (nSPS) is 18.4. The summed E-state index contributed by atoms with van der Waals surface area (Å²) in [6.07, 6.45) is 3.92. The lowest BCUT2D eigenvalue weighted by Crippen LogP contribution is -2.47. The standard InChI is InChI=1S/C22H31N3O3S/c1-3-28-21(27)18-4-6-19(7-5-18)23-22(29)25-14-10-17(11-15-25)20(26)24-12-8-16(2)9-13-24/h4-7,16-17H,3,8-15H2,1-2H3,(H,23,29). The first-order valence-corrected chi connectivity index (χ1v) is 11.0. The molecule has 0 aromatic heterocycles. The van der Waals surface area contributed by atoms with E-state index in [9.17, 15) is 9.59 Å². The van der Waals surface area contributed by atoms with Crippen molar-refractivity contribution in [1.82, 2.24) is 9.80 Å². The highest BCUT2D eigenvalue weighted by Gasteiger charge is 2.30. The van der Waals surface area contributed by atoms with E-state index in [1.807, 2.05) is 12.1 Å². The van der Waals surface area contributed by atoms with Crippen molar-refractivity contribution in [3.05, 3.63) is 29.8 Å². The lowest BCUT2D eigenvalue weighted by molar-refractivity contribution is -0.138. The molecule has 1 aromatic rings. The second kappa shape index (κ2) is 10.1. The first-order valence-electron chi connectivity index (χ1n) is 10.6. The number of hydrogen-bond acceptors (Lipinski definition) is 4. The monoisotopic (exact) mass is 417 g/mol. The Kier molecular flexibility index (Phi) is 7.47. The average molecular weight is 418 g/mol. The highest BCUT2D eigenvalue weighted by molar-refractivity contribution is 7.80. The number of thiocarbonyl (C=S) groups is 1. The summed E-state index contributed by atoms with van der Waals surface area (Å²) >= 11 is 5.55. The van der Waals surface area contributed by atoms with Crippen molar-refractivity contribution in [2.24, 2.45) is 11.8 Å². The van der Waals surface area contributed by atoms with E-state index in [4.69, 9.17) is 17.0 Å². The average Bonchev–Trinajstić information content (AvgIpc) is 2.74. The van der Waals surface area contributed by atoms with Crippen LogP contribution >= 0.6 is 12.2 Å². The molecule has 29 heavy (non-hydrogen) atoms. The summed E-state index contributed by atoms with van der Waals surface area (Å²) < 4.78 is 5.00. The maximum absolute atomic E-state index is 12.8. The number of likely N-dealkylation sites (tertiary alicyclic amines) is 2. The molecule has 2 aliphatic heterocycles. The second-order valence-corrected chi connectivity index (χ2v) is 8.38. The third kappa shape index (κ3) is 5.69. The van der Waals surface area contributed by atoms with Crippen LogP contribution in [0.15, 0.2) is 24.3 Å². The largest absolute Gasteiger partial charge is 0.462 e. The number of piperidine rings is 2. The molecule has 1 N–H and O–H groups in total. The molecule has 0 spiro atoms. The van der Waals surface area contributed by atoms with Gasteiger partial charge in [-0.3, -0.25) is 4.79 Å². The van der Waals surface area contributed by atoms with E-state index in [1.165, 1.54) is 0 Å². The molecule has 1 aromatic carbocycles. The lowest BCUT2D eigenvalue weighted by Gasteiger charge is -2.37. The van der Waals surface area contributed by atoms with Gasteiger partial charge in [0.1, 0.15) is 0 Å². The number of hydrogen-bond donors (Lipinski definition) is 1. The molecule has 0 bridgehead atoms. The summed E-state index contributed by atoms with van der Waals surface area (Å²) in [5, 5.41) is 3.89. The van der Waals surface area contributed by atoms with Gasteiger partial charge in [0.15, 0.2) is 5.11 Å². The van der Waals surface area contributed by atoms with Crippen molar-refractivity contribution in [1.29, 1.82) is 0 Å². The molecule has 7 heteroatoms. The molecule has 0 aliphatic carbocycles. The van der Waals surface area contributed by atoms with Gasteiger partial charge in [-0.05, 0) is 75.0 Å². The zero-order chi connectivity index (χ0) is 20.8. The minimum absolute atomic E-state index is 0.117. The van der Waals surface area contributed by atoms with E-state index < -0.39 is 0 Å². The minimum atomic E-state index is -0.323. The minimum Gasteiger partial charge on any atom is -0.462 e. The zero-order valence-corrected chi connectivity index (χ0v) is 18.2. The molecule has 6 nitrogen and oxygen atoms in total. The highest BCUT2D eigenvalue weighted by Crippen LogP contribution is 2.24. The van der Waals surface area contributed by atoms with Crippen LogP contribution in [0.25, 0.3) is 0 Å². The van der Waals surface area contributed by atoms with Gasteiger partial charge in [-0.2, -0.15) is 0 Å². The van der Waals surface area contributed by atoms with E-state index in [2.05, 4.69) is 22.0 Å². The van der Waals surface area contributed by atoms with Crippen LogP contribution in [0.2, 0.25) is 0 Å². The van der Waals surface area contributed by atoms with Gasteiger partial charge in [-0.25, -0.2) is 4.79 Å². The number of rotatable bonds is 4. The maximum atomic E-state index is 12.8. The Morgan fingerprint density at radius 3 is 2.21 bits per heavy atom. The molecule has 0 unspecified atom stereocenters. The van der Waals surface area contributed by atoms with Crippen molar-refractivity contribution in [3.63, 3.8) is 0 Å². The van der Waals surface area contributed by atoms with Crippen LogP contribution in [0.4, 0.5) is 5.69 Å². The summed E-state index contributed by atoms with van der Waals surface area (Å²) in [7, 11) is 0. The van der Waals surface area contributed by atoms with Gasteiger partial charge in [0.25, 0.3) is 0 Å². The number of carbonyl (C=O) groups is 2. The summed E-state index contributed by atoms with van der Waals surface area (Å²) in [6, 6.07) is 7.11. The van der Waals surface area contributed by atoms with Gasteiger partial charge < -0.3 is 19.9 Å². The van der Waals surface area contributed by atoms with Crippen LogP contribution in [0, 0.1) is 11.8 Å². The number of nitrogens with zero attached hydrogens (tertiary/aromatic N) is 2. The first kappa shape index (κ1) is 21.6. The topological polar surface area (TPSA) is 61.9 Å². The molecule has 2 fully saturated rings. The zero-order valence-electron chi connectivity index (χ0n) is 17.4. The number of nitrogens with one attached hydrogen (secondary N) is 1. The predicted molar refractivity (Wildman–Crippen MR) is 118 cm³/mol. The Bertz CT molecular complexity index is 721. The van der Waals surface area contributed by atoms with Gasteiger partial charge in [0.05, 0.1) is 12.2 Å². The SMILES string of the molecule is CCOC(=O)c1ccc(NC(=S)N2CCC(C(=O)N3CCC(C)CC3)CC2)cc1. The molecule has 1 amide bonds. The van der Waals surface area contributed by atoms with E-state index in [-0.39, 0.29) is 11.9 Å². The smallest absolute Gasteiger partial charge is 0.338 e. The van der Waals surface area contributed by atoms with Crippen molar-refractivity contribution >= 4 is 34.9 Å². The van der Waals surface area contributed by atoms with Crippen LogP contribution in [-0.2, 0) is 9.53 Å². The molecule has 2 aliphatic rings. The number of amides is 1. The number of esters is 1. The fourth-order valence-electron chi connectivity index (χ4n) is 3.92. The summed E-state index contributed by atoms with van der Waals surface area (Å²) in [4.78, 5) is 28.7. The lowest BCUT2D eigenvalue weighted by atomic mass is 9.93. The Balaban J connectivity index is 1.46. The Morgan fingerprint density at radius 2 is 1.62 bits per heavy atom. The summed E-state index contributed by atoms with van der Waals surface area (Å²) in [6.45, 7) is 7.79. The third-order valence-corrected chi connectivity index (χ3v) is 6.23. The second-order valence-electron chi connectivity index (χ2n) is 8.00. The molecule has 158 valence electrons. The molecule has 0 saturated carbocycles. The van der Waals surface area contributed by atoms with E-state index in [1.54, 1.807) is 19.1 Å². The fraction of sp³-hybridized carbons (Fsp3) is 0.591. The number of ether oxygens (including phenoxy) is 1. The van der Waals surface area contributed by atoms with Crippen molar-refractivity contribution in [2.45, 2.75) is 39.5 Å². The van der Waals surface area contributed by atoms with Crippen LogP contribution in [0.3, 0.4) is 0 Å². The fourth-order valence-corrected chi connectivity index (χ4v) is 4.22. The Hall–Kier alpha value is -2.15. The summed E-state index contributed by atoms with van der Waals surface area (Å²) in [5.74, 6) is 0.850. The van der Waals surface area contributed by atoms with Gasteiger partial charge in [-0.15, -0.1) is 0 Å². The number of anilines is 1. The maximum Gasteiger partial charge on any atom is 0.338 e. The van der Waals surface area contributed by atoms with Crippen molar-refractivity contribution in [3.8, 4) is 0 Å². The molecular weight excluding hydrogens is 386 g/mol. The number of carbonyl (C=O) groups excluding carboxylic acids is 2. The third-order valence-electron chi connectivity index (χ3n) is 5.87. The number of benzene rings is 1. The molecule has 2 heterocycles. The molecular formula is C22H31N3O3S. The van der Waals surface area contributed by atoms with E-state index in [0.717, 1.165) is 63.5 Å². The van der Waals surface area contributed by atoms with Crippen molar-refractivity contribution < 1.29 is 14.3 Å². The first-order chi connectivity index (χ1) is 14.0. The summed E-state index contributed by atoms with van der Waals surface area (Å²) in [5.41, 5.74) is 1.36. The quantitative estimate of drug-likeness (QED) is 0.597. The van der Waals surface area contributed by atoms with Gasteiger partial charge in [-0.1, -0.05) is 6.92 Å². The molecule has 2 saturated heterocycles. The molecule has 0 radical (unpaired) electrons. The van der Waals surface area contributed by atoms with Crippen LogP contribution in [-0.4, -0.2) is 59.6 Å². The highest BCUT2D eigenvalue weighted by atomic mass is 32.1. The molecule has 3 rings (SSSR count). The van der Waals surface area contributed by atoms with Crippen LogP contribution in [0.5, 0.6) is 0 Å². The van der Waals surface area contributed by atoms with E-state index >= 15 is 0 Å². The predicted octanol–water partition coefficient (Wildman–Crippen LogP) is 3.53. The van der Waals surface area contributed by atoms with Gasteiger partial charge >= 0.3 is 5.97 Å². The Morgan fingerprint density at radius 1 is 1.03 bits per heavy atom. The van der Waals surface area contributed by atoms with E-state index in [0.29, 0.717) is 23.2 Å². The van der Waals surface area contributed by atoms with Gasteiger partial charge in [0.2, 0.25) is 5.91 Å². The van der Waals surface area contributed by atoms with Crippen LogP contribution in [0.1, 0.15) is 49.9 Å². The Labute approximate surface area is 178 Å². The van der Waals surface area contributed by atoms with Crippen molar-refractivity contribution in [2.75, 3.05) is 38.1 Å². The van der Waals surface area contributed by atoms with Gasteiger partial charge in [0, 0.05) is 37.8 Å². The molecule has 0 atom stereocenters. The van der Waals surface area contributed by atoms with Crippen LogP contribution < -0.4 is 5.32 Å².